The maximum absolute atomic E-state index is 12.9. The van der Waals surface area contributed by atoms with Crippen LogP contribution in [0.25, 0.3) is 0 Å². The highest BCUT2D eigenvalue weighted by molar-refractivity contribution is 5.77. The molecule has 1 aromatic heterocycles. The van der Waals surface area contributed by atoms with Gasteiger partial charge in [0, 0.05) is 25.3 Å². The second-order valence-corrected chi connectivity index (χ2v) is 6.18. The van der Waals surface area contributed by atoms with Gasteiger partial charge in [0.1, 0.15) is 11.2 Å². The molecule has 0 bridgehead atoms. The number of hydrogen-bond donors (Lipinski definition) is 2. The van der Waals surface area contributed by atoms with E-state index in [9.17, 15) is 23.1 Å². The maximum Gasteiger partial charge on any atom is 0.416 e. The minimum atomic E-state index is -4.44. The largest absolute Gasteiger partial charge is 0.481 e. The maximum atomic E-state index is 12.9. The second kappa shape index (κ2) is 5.67. The van der Waals surface area contributed by atoms with Crippen molar-refractivity contribution in [3.63, 3.8) is 0 Å². The molecule has 0 aliphatic carbocycles. The van der Waals surface area contributed by atoms with Gasteiger partial charge in [-0.1, -0.05) is 0 Å². The smallest absolute Gasteiger partial charge is 0.416 e. The van der Waals surface area contributed by atoms with Crippen LogP contribution in [0.1, 0.15) is 24.8 Å². The molecule has 2 aliphatic rings. The first kappa shape index (κ1) is 16.0. The highest BCUT2D eigenvalue weighted by Gasteiger charge is 2.51. The van der Waals surface area contributed by atoms with E-state index in [0.717, 1.165) is 31.3 Å². The number of pyridine rings is 1. The number of rotatable bonds is 2. The van der Waals surface area contributed by atoms with E-state index in [-0.39, 0.29) is 18.4 Å². The SMILES string of the molecule is O=C(O)[C@]12CCCN[C@@H]1CCN(c1cc(C(F)(F)F)ccn1)C2. The molecule has 2 fully saturated rings. The van der Waals surface area contributed by atoms with Crippen LogP contribution >= 0.6 is 0 Å². The van der Waals surface area contributed by atoms with Gasteiger partial charge in [0.2, 0.25) is 0 Å². The molecular weight excluding hydrogens is 311 g/mol. The standard InChI is InChI=1S/C15H18F3N3O2/c16-15(17,18)10-2-6-20-12(8-10)21-7-3-11-14(9-21,13(22)23)4-1-5-19-11/h2,6,8,11,19H,1,3-5,7,9H2,(H,22,23)/t11-,14+/m1/s1. The molecule has 0 saturated carbocycles. The van der Waals surface area contributed by atoms with Gasteiger partial charge in [-0.2, -0.15) is 13.2 Å². The van der Waals surface area contributed by atoms with E-state index in [4.69, 9.17) is 0 Å². The van der Waals surface area contributed by atoms with Gasteiger partial charge in [0.15, 0.2) is 0 Å². The average Bonchev–Trinajstić information content (AvgIpc) is 2.53. The zero-order valence-corrected chi connectivity index (χ0v) is 12.4. The fourth-order valence-electron chi connectivity index (χ4n) is 3.61. The number of carboxylic acids is 1. The van der Waals surface area contributed by atoms with E-state index in [1.165, 1.54) is 0 Å². The van der Waals surface area contributed by atoms with Gasteiger partial charge in [-0.05, 0) is 37.9 Å². The molecule has 3 heterocycles. The first-order chi connectivity index (χ1) is 10.8. The lowest BCUT2D eigenvalue weighted by atomic mass is 9.70. The van der Waals surface area contributed by atoms with E-state index in [2.05, 4.69) is 10.3 Å². The monoisotopic (exact) mass is 329 g/mol. The Hall–Kier alpha value is -1.83. The third-order valence-corrected chi connectivity index (χ3v) is 4.84. The van der Waals surface area contributed by atoms with Crippen LogP contribution in [0.2, 0.25) is 0 Å². The number of piperidine rings is 2. The predicted octanol–water partition coefficient (Wildman–Crippen LogP) is 2.13. The van der Waals surface area contributed by atoms with Crippen LogP contribution in [0, 0.1) is 5.41 Å². The highest BCUT2D eigenvalue weighted by Crippen LogP contribution is 2.39. The Balaban J connectivity index is 1.89. The summed E-state index contributed by atoms with van der Waals surface area (Å²) in [5.74, 6) is -0.712. The van der Waals surface area contributed by atoms with Crippen molar-refractivity contribution in [3.8, 4) is 0 Å². The summed E-state index contributed by atoms with van der Waals surface area (Å²) in [7, 11) is 0. The Morgan fingerprint density at radius 1 is 1.48 bits per heavy atom. The van der Waals surface area contributed by atoms with Crippen molar-refractivity contribution in [2.24, 2.45) is 5.41 Å². The molecule has 0 radical (unpaired) electrons. The third-order valence-electron chi connectivity index (χ3n) is 4.84. The van der Waals surface area contributed by atoms with Gasteiger partial charge < -0.3 is 15.3 Å². The van der Waals surface area contributed by atoms with E-state index in [1.54, 1.807) is 4.90 Å². The zero-order valence-electron chi connectivity index (χ0n) is 12.4. The van der Waals surface area contributed by atoms with Gasteiger partial charge in [-0.15, -0.1) is 0 Å². The summed E-state index contributed by atoms with van der Waals surface area (Å²) in [4.78, 5) is 17.5. The van der Waals surface area contributed by atoms with Crippen molar-refractivity contribution in [2.75, 3.05) is 24.5 Å². The van der Waals surface area contributed by atoms with Gasteiger partial charge >= 0.3 is 12.1 Å². The molecule has 2 N–H and O–H groups in total. The molecule has 0 unspecified atom stereocenters. The van der Waals surface area contributed by atoms with Crippen molar-refractivity contribution in [1.29, 1.82) is 0 Å². The van der Waals surface area contributed by atoms with Gasteiger partial charge in [-0.25, -0.2) is 4.98 Å². The van der Waals surface area contributed by atoms with Crippen molar-refractivity contribution >= 4 is 11.8 Å². The summed E-state index contributed by atoms with van der Waals surface area (Å²) in [5, 5.41) is 12.9. The Kier molecular flexibility index (Phi) is 3.95. The topological polar surface area (TPSA) is 65.5 Å². The minimum absolute atomic E-state index is 0.143. The molecule has 0 spiro atoms. The molecule has 1 aromatic rings. The second-order valence-electron chi connectivity index (χ2n) is 6.18. The van der Waals surface area contributed by atoms with Crippen molar-refractivity contribution in [1.82, 2.24) is 10.3 Å². The molecule has 2 saturated heterocycles. The quantitative estimate of drug-likeness (QED) is 0.870. The molecule has 0 amide bonds. The first-order valence-electron chi connectivity index (χ1n) is 7.58. The van der Waals surface area contributed by atoms with Crippen molar-refractivity contribution in [3.05, 3.63) is 23.9 Å². The van der Waals surface area contributed by atoms with Gasteiger partial charge in [0.25, 0.3) is 0 Å². The van der Waals surface area contributed by atoms with Crippen LogP contribution in [-0.2, 0) is 11.0 Å². The molecule has 2 aliphatic heterocycles. The number of halogens is 3. The van der Waals surface area contributed by atoms with Crippen LogP contribution in [-0.4, -0.2) is 41.7 Å². The summed E-state index contributed by atoms with van der Waals surface area (Å²) in [6, 6.07) is 1.77. The number of hydrogen-bond acceptors (Lipinski definition) is 4. The third kappa shape index (κ3) is 2.87. The van der Waals surface area contributed by atoms with Crippen LogP contribution in [0.5, 0.6) is 0 Å². The number of nitrogens with one attached hydrogen (secondary N) is 1. The van der Waals surface area contributed by atoms with E-state index >= 15 is 0 Å². The van der Waals surface area contributed by atoms with Crippen LogP contribution in [0.3, 0.4) is 0 Å². The van der Waals surface area contributed by atoms with E-state index < -0.39 is 23.1 Å². The number of aliphatic carboxylic acids is 1. The molecule has 2 atom stereocenters. The van der Waals surface area contributed by atoms with Crippen LogP contribution in [0.4, 0.5) is 19.0 Å². The number of aromatic nitrogens is 1. The summed E-state index contributed by atoms with van der Waals surface area (Å²) >= 11 is 0. The number of carbonyl (C=O) groups is 1. The zero-order chi connectivity index (χ0) is 16.7. The summed E-state index contributed by atoms with van der Waals surface area (Å²) in [6.45, 7) is 1.44. The summed E-state index contributed by atoms with van der Waals surface area (Å²) < 4.78 is 38.6. The Morgan fingerprint density at radius 2 is 2.26 bits per heavy atom. The molecule has 8 heteroatoms. The number of carboxylic acid groups (broad SMARTS) is 1. The minimum Gasteiger partial charge on any atom is -0.481 e. The van der Waals surface area contributed by atoms with Crippen molar-refractivity contribution in [2.45, 2.75) is 31.5 Å². The molecule has 5 nitrogen and oxygen atoms in total. The summed E-state index contributed by atoms with van der Waals surface area (Å²) in [6.07, 6.45) is -1.48. The van der Waals surface area contributed by atoms with Gasteiger partial charge in [-0.3, -0.25) is 4.79 Å². The summed E-state index contributed by atoms with van der Waals surface area (Å²) in [5.41, 5.74) is -1.73. The lowest BCUT2D eigenvalue weighted by Gasteiger charge is -2.48. The van der Waals surface area contributed by atoms with E-state index in [1.807, 2.05) is 0 Å². The first-order valence-corrected chi connectivity index (χ1v) is 7.58. The molecule has 126 valence electrons. The fraction of sp³-hybridized carbons (Fsp3) is 0.600. The number of anilines is 1. The van der Waals surface area contributed by atoms with Crippen molar-refractivity contribution < 1.29 is 23.1 Å². The normalized spacial score (nSPS) is 28.3. The lowest BCUT2D eigenvalue weighted by molar-refractivity contribution is -0.153. The Bertz CT molecular complexity index is 608. The van der Waals surface area contributed by atoms with Crippen LogP contribution in [0.15, 0.2) is 18.3 Å². The molecule has 23 heavy (non-hydrogen) atoms. The Labute approximate surface area is 131 Å². The Morgan fingerprint density at radius 3 is 2.96 bits per heavy atom. The van der Waals surface area contributed by atoms with Gasteiger partial charge in [0.05, 0.1) is 5.56 Å². The number of fused-ring (bicyclic) bond motifs is 1. The van der Waals surface area contributed by atoms with E-state index in [0.29, 0.717) is 19.4 Å². The predicted molar refractivity (Wildman–Crippen MR) is 77.2 cm³/mol. The molecule has 0 aromatic carbocycles. The lowest BCUT2D eigenvalue weighted by Crippen LogP contribution is -2.63. The highest BCUT2D eigenvalue weighted by atomic mass is 19.4. The molecule has 3 rings (SSSR count). The van der Waals surface area contributed by atoms with Crippen LogP contribution < -0.4 is 10.2 Å². The fourth-order valence-corrected chi connectivity index (χ4v) is 3.61. The number of alkyl halides is 3. The molecular formula is C15H18F3N3O2. The average molecular weight is 329 g/mol. The number of nitrogens with zero attached hydrogens (tertiary/aromatic N) is 2.